The van der Waals surface area contributed by atoms with Gasteiger partial charge in [-0.2, -0.15) is 13.2 Å². The Morgan fingerprint density at radius 1 is 1.02 bits per heavy atom. The molecule has 52 heavy (non-hydrogen) atoms. The summed E-state index contributed by atoms with van der Waals surface area (Å²) < 4.78 is 61.4. The first-order valence-electron chi connectivity index (χ1n) is 17.8. The summed E-state index contributed by atoms with van der Waals surface area (Å²) in [6.45, 7) is 11.1. The van der Waals surface area contributed by atoms with Crippen LogP contribution in [0.4, 0.5) is 46.3 Å². The number of nitrogens with zero attached hydrogens (tertiary/aromatic N) is 6. The second kappa shape index (κ2) is 14.9. The van der Waals surface area contributed by atoms with Crippen molar-refractivity contribution < 1.29 is 31.9 Å². The summed E-state index contributed by atoms with van der Waals surface area (Å²) >= 11 is 0. The van der Waals surface area contributed by atoms with Crippen molar-refractivity contribution in [3.05, 3.63) is 72.3 Å². The number of nitrogens with one attached hydrogen (secondary N) is 2. The molecule has 0 bridgehead atoms. The number of carbonyl (C=O) groups excluding carboxylic acids is 1. The van der Waals surface area contributed by atoms with Gasteiger partial charge in [0.15, 0.2) is 5.82 Å². The number of anilines is 5. The summed E-state index contributed by atoms with van der Waals surface area (Å²) in [4.78, 5) is 34.5. The van der Waals surface area contributed by atoms with Crippen molar-refractivity contribution in [1.82, 2.24) is 19.8 Å². The molecule has 4 fully saturated rings. The van der Waals surface area contributed by atoms with Crippen molar-refractivity contribution in [2.75, 3.05) is 67.0 Å². The smallest absolute Gasteiger partial charge is 0.419 e. The molecule has 7 rings (SSSR count). The minimum atomic E-state index is -4.84. The highest BCUT2D eigenvalue weighted by molar-refractivity contribution is 6.02. The lowest BCUT2D eigenvalue weighted by Gasteiger charge is -2.46. The second-order valence-corrected chi connectivity index (χ2v) is 13.9. The second-order valence-electron chi connectivity index (χ2n) is 13.9. The molecule has 3 aliphatic heterocycles. The molecule has 1 saturated carbocycles. The minimum Gasteiger partial charge on any atom is -0.494 e. The topological polar surface area (TPSA) is 98.3 Å². The van der Waals surface area contributed by atoms with Gasteiger partial charge in [-0.05, 0) is 50.8 Å². The van der Waals surface area contributed by atoms with E-state index in [9.17, 15) is 18.0 Å². The van der Waals surface area contributed by atoms with E-state index >= 15 is 4.39 Å². The van der Waals surface area contributed by atoms with Crippen molar-refractivity contribution in [2.24, 2.45) is 0 Å². The molecule has 15 heteroatoms. The van der Waals surface area contributed by atoms with E-state index in [4.69, 9.17) is 9.57 Å². The van der Waals surface area contributed by atoms with Crippen LogP contribution in [-0.4, -0.2) is 90.2 Å². The molecule has 2 aromatic carbocycles. The SMILES string of the molecule is C=CC(=O)Nc1cc(Nc2cc(N3OCC[C@@H]3c3cccc(C(F)(F)F)c3F)ncn2)c(OC)cc1N1CCC(N2CCN(C3CC3)[C@@H](C)C2)CC1. The minimum absolute atomic E-state index is 0.143. The Morgan fingerprint density at radius 3 is 2.50 bits per heavy atom. The van der Waals surface area contributed by atoms with Crippen LogP contribution in [0.15, 0.2) is 55.4 Å². The molecule has 3 aromatic rings. The lowest BCUT2D eigenvalue weighted by molar-refractivity contribution is -0.140. The number of carbonyl (C=O) groups is 1. The van der Waals surface area contributed by atoms with Gasteiger partial charge < -0.3 is 20.3 Å². The third-order valence-electron chi connectivity index (χ3n) is 10.5. The molecule has 1 amide bonds. The fourth-order valence-electron chi connectivity index (χ4n) is 7.81. The number of piperidine rings is 1. The number of piperazine rings is 1. The van der Waals surface area contributed by atoms with Crippen LogP contribution in [0.25, 0.3) is 0 Å². The number of hydroxylamine groups is 1. The normalized spacial score (nSPS) is 22.0. The third kappa shape index (κ3) is 7.53. The first kappa shape index (κ1) is 35.9. The van der Waals surface area contributed by atoms with Gasteiger partial charge in [0.05, 0.1) is 42.4 Å². The molecule has 2 N–H and O–H groups in total. The fraction of sp³-hybridized carbons (Fsp3) is 0.486. The molecule has 11 nitrogen and oxygen atoms in total. The van der Waals surface area contributed by atoms with Gasteiger partial charge in [0, 0.05) is 75.0 Å². The molecular formula is C37H44F4N8O3. The Bertz CT molecular complexity index is 1780. The summed E-state index contributed by atoms with van der Waals surface area (Å²) in [5, 5.41) is 7.48. The largest absolute Gasteiger partial charge is 0.494 e. The highest BCUT2D eigenvalue weighted by Gasteiger charge is 2.39. The van der Waals surface area contributed by atoms with E-state index in [-0.39, 0.29) is 30.3 Å². The molecule has 1 aromatic heterocycles. The number of ether oxygens (including phenoxy) is 1. The van der Waals surface area contributed by atoms with Crippen molar-refractivity contribution in [1.29, 1.82) is 0 Å². The summed E-state index contributed by atoms with van der Waals surface area (Å²) in [7, 11) is 1.55. The average Bonchev–Trinajstić information content (AvgIpc) is 3.86. The maximum atomic E-state index is 15.1. The molecule has 278 valence electrons. The summed E-state index contributed by atoms with van der Waals surface area (Å²) in [6.07, 6.45) is 2.56. The first-order chi connectivity index (χ1) is 25.0. The van der Waals surface area contributed by atoms with Crippen molar-refractivity contribution in [3.8, 4) is 5.75 Å². The van der Waals surface area contributed by atoms with Gasteiger partial charge in [0.1, 0.15) is 23.7 Å². The third-order valence-corrected chi connectivity index (χ3v) is 10.5. The molecule has 0 unspecified atom stereocenters. The van der Waals surface area contributed by atoms with E-state index < -0.39 is 23.6 Å². The van der Waals surface area contributed by atoms with Gasteiger partial charge in [-0.1, -0.05) is 18.7 Å². The number of methoxy groups -OCH3 is 1. The van der Waals surface area contributed by atoms with E-state index in [1.54, 1.807) is 19.2 Å². The van der Waals surface area contributed by atoms with E-state index in [2.05, 4.69) is 48.8 Å². The van der Waals surface area contributed by atoms with Crippen LogP contribution in [0.3, 0.4) is 0 Å². The van der Waals surface area contributed by atoms with Crippen molar-refractivity contribution >= 4 is 34.6 Å². The number of alkyl halides is 3. The highest BCUT2D eigenvalue weighted by atomic mass is 19.4. The zero-order valence-corrected chi connectivity index (χ0v) is 29.3. The summed E-state index contributed by atoms with van der Waals surface area (Å²) in [6, 6.07) is 9.44. The van der Waals surface area contributed by atoms with Crippen LogP contribution in [0, 0.1) is 5.82 Å². The van der Waals surface area contributed by atoms with Gasteiger partial charge >= 0.3 is 6.18 Å². The molecule has 0 radical (unpaired) electrons. The summed E-state index contributed by atoms with van der Waals surface area (Å²) in [5.41, 5.74) is 0.404. The predicted octanol–water partition coefficient (Wildman–Crippen LogP) is 6.53. The Balaban J connectivity index is 1.09. The first-order valence-corrected chi connectivity index (χ1v) is 17.8. The number of hydrogen-bond acceptors (Lipinski definition) is 10. The Labute approximate surface area is 300 Å². The number of halogens is 4. The lowest BCUT2D eigenvalue weighted by Crippen LogP contribution is -2.57. The number of aromatic nitrogens is 2. The van der Waals surface area contributed by atoms with Crippen LogP contribution >= 0.6 is 0 Å². The average molecular weight is 725 g/mol. The van der Waals surface area contributed by atoms with E-state index in [1.807, 2.05) is 6.07 Å². The Kier molecular flexibility index (Phi) is 10.3. The van der Waals surface area contributed by atoms with E-state index in [0.717, 1.165) is 63.4 Å². The summed E-state index contributed by atoms with van der Waals surface area (Å²) in [5.74, 6) is -0.669. The molecule has 1 aliphatic carbocycles. The van der Waals surface area contributed by atoms with E-state index in [1.165, 1.54) is 42.4 Å². The van der Waals surface area contributed by atoms with Crippen LogP contribution in [-0.2, 0) is 15.8 Å². The molecular weight excluding hydrogens is 680 g/mol. The predicted molar refractivity (Wildman–Crippen MR) is 190 cm³/mol. The van der Waals surface area contributed by atoms with Crippen LogP contribution in [0.2, 0.25) is 0 Å². The van der Waals surface area contributed by atoms with Gasteiger partial charge in [-0.3, -0.25) is 19.4 Å². The Hall–Kier alpha value is -4.47. The zero-order valence-electron chi connectivity index (χ0n) is 29.3. The van der Waals surface area contributed by atoms with Gasteiger partial charge in [-0.15, -0.1) is 0 Å². The molecule has 4 heterocycles. The van der Waals surface area contributed by atoms with Gasteiger partial charge in [-0.25, -0.2) is 19.4 Å². The van der Waals surface area contributed by atoms with Gasteiger partial charge in [0.2, 0.25) is 5.91 Å². The maximum absolute atomic E-state index is 15.1. The maximum Gasteiger partial charge on any atom is 0.419 e. The van der Waals surface area contributed by atoms with E-state index in [0.29, 0.717) is 35.0 Å². The number of amides is 1. The lowest BCUT2D eigenvalue weighted by atomic mass is 9.99. The van der Waals surface area contributed by atoms with Crippen molar-refractivity contribution in [2.45, 2.75) is 69.4 Å². The van der Waals surface area contributed by atoms with Crippen LogP contribution in [0.5, 0.6) is 5.75 Å². The molecule has 3 saturated heterocycles. The van der Waals surface area contributed by atoms with Crippen LogP contribution in [0.1, 0.15) is 56.2 Å². The number of hydrogen-bond donors (Lipinski definition) is 2. The number of rotatable bonds is 10. The quantitative estimate of drug-likeness (QED) is 0.178. The zero-order chi connectivity index (χ0) is 36.6. The Morgan fingerprint density at radius 2 is 1.81 bits per heavy atom. The van der Waals surface area contributed by atoms with Crippen molar-refractivity contribution in [3.63, 3.8) is 0 Å². The number of benzene rings is 2. The monoisotopic (exact) mass is 724 g/mol. The highest BCUT2D eigenvalue weighted by Crippen LogP contribution is 2.42. The molecule has 0 spiro atoms. The van der Waals surface area contributed by atoms with Crippen LogP contribution < -0.4 is 25.3 Å². The molecule has 4 aliphatic rings. The van der Waals surface area contributed by atoms with Gasteiger partial charge in [0.25, 0.3) is 0 Å². The standard InChI is InChI=1S/C37H44F4N8O3/c1-4-35(50)45-28-18-29(32(51-3)19-31(28)46-13-10-24(11-14-46)47-15-16-48(23(2)21-47)25-8-9-25)44-33-20-34(43-22-42-33)49-30(12-17-52-49)26-6-5-7-27(36(26)38)37(39,40)41/h4-7,18-20,22-25,30H,1,8-17,21H2,2-3H3,(H,45,50)(H,42,43,44)/t23-,30+/m0/s1. The molecule has 2 atom stereocenters. The fourth-order valence-corrected chi connectivity index (χ4v) is 7.81.